The SMILES string of the molecule is CC(=O)CCc1ccc2c(c1)N=C(c1ccc(NC(=O)c3ccccc3)cc1)C2. The maximum atomic E-state index is 12.3. The number of hydrogen-bond acceptors (Lipinski definition) is 3. The molecule has 1 amide bonds. The van der Waals surface area contributed by atoms with Crippen LogP contribution in [0.25, 0.3) is 0 Å². The summed E-state index contributed by atoms with van der Waals surface area (Å²) in [5.74, 6) is 0.0798. The Labute approximate surface area is 170 Å². The third kappa shape index (κ3) is 4.49. The van der Waals surface area contributed by atoms with E-state index in [0.29, 0.717) is 12.0 Å². The number of carbonyl (C=O) groups is 2. The van der Waals surface area contributed by atoms with Gasteiger partial charge in [-0.05, 0) is 60.4 Å². The molecule has 1 N–H and O–H groups in total. The normalized spacial score (nSPS) is 12.2. The molecule has 0 fully saturated rings. The van der Waals surface area contributed by atoms with Crippen molar-refractivity contribution in [3.05, 3.63) is 95.1 Å². The first-order valence-electron chi connectivity index (χ1n) is 9.74. The number of carbonyl (C=O) groups excluding carboxylic acids is 2. The Bertz CT molecular complexity index is 1080. The number of rotatable bonds is 6. The van der Waals surface area contributed by atoms with E-state index in [0.717, 1.165) is 41.1 Å². The van der Waals surface area contributed by atoms with E-state index < -0.39 is 0 Å². The molecule has 1 aliphatic heterocycles. The number of amides is 1. The van der Waals surface area contributed by atoms with Crippen LogP contribution in [0.3, 0.4) is 0 Å². The van der Waals surface area contributed by atoms with Gasteiger partial charge in [0.1, 0.15) is 5.78 Å². The van der Waals surface area contributed by atoms with Gasteiger partial charge >= 0.3 is 0 Å². The Morgan fingerprint density at radius 2 is 1.72 bits per heavy atom. The van der Waals surface area contributed by atoms with Crippen molar-refractivity contribution in [1.29, 1.82) is 0 Å². The Hall–Kier alpha value is -3.53. The standard InChI is InChI=1S/C25H22N2O2/c1-17(28)7-8-18-9-10-21-16-24(27-23(21)15-18)19-11-13-22(14-12-19)26-25(29)20-5-3-2-4-6-20/h2-6,9-15H,7-8,16H2,1H3,(H,26,29). The lowest BCUT2D eigenvalue weighted by molar-refractivity contribution is -0.116. The summed E-state index contributed by atoms with van der Waals surface area (Å²) in [5, 5.41) is 2.92. The van der Waals surface area contributed by atoms with Gasteiger partial charge in [0, 0.05) is 24.1 Å². The van der Waals surface area contributed by atoms with Crippen LogP contribution >= 0.6 is 0 Å². The van der Waals surface area contributed by atoms with Crippen LogP contribution in [0.5, 0.6) is 0 Å². The number of anilines is 1. The average molecular weight is 382 g/mol. The largest absolute Gasteiger partial charge is 0.322 e. The number of Topliss-reactive ketones (excluding diaryl/α,β-unsaturated/α-hetero) is 1. The molecular formula is C25H22N2O2. The topological polar surface area (TPSA) is 58.5 Å². The minimum atomic E-state index is -0.123. The molecule has 1 heterocycles. The summed E-state index contributed by atoms with van der Waals surface area (Å²) in [5.41, 5.74) is 6.78. The number of nitrogens with one attached hydrogen (secondary N) is 1. The van der Waals surface area contributed by atoms with Crippen molar-refractivity contribution in [2.75, 3.05) is 5.32 Å². The lowest BCUT2D eigenvalue weighted by Crippen LogP contribution is -2.11. The van der Waals surface area contributed by atoms with Gasteiger partial charge in [0.2, 0.25) is 0 Å². The molecule has 144 valence electrons. The predicted molar refractivity (Wildman–Crippen MR) is 116 cm³/mol. The lowest BCUT2D eigenvalue weighted by atomic mass is 10.0. The molecular weight excluding hydrogens is 360 g/mol. The van der Waals surface area contributed by atoms with Crippen molar-refractivity contribution in [3.63, 3.8) is 0 Å². The minimum Gasteiger partial charge on any atom is -0.322 e. The number of hydrogen-bond donors (Lipinski definition) is 1. The van der Waals surface area contributed by atoms with E-state index in [-0.39, 0.29) is 11.7 Å². The molecule has 0 bridgehead atoms. The highest BCUT2D eigenvalue weighted by atomic mass is 16.1. The number of fused-ring (bicyclic) bond motifs is 1. The monoisotopic (exact) mass is 382 g/mol. The van der Waals surface area contributed by atoms with E-state index in [9.17, 15) is 9.59 Å². The van der Waals surface area contributed by atoms with Crippen molar-refractivity contribution in [2.24, 2.45) is 4.99 Å². The maximum absolute atomic E-state index is 12.3. The zero-order valence-electron chi connectivity index (χ0n) is 16.3. The molecule has 4 rings (SSSR count). The third-order valence-corrected chi connectivity index (χ3v) is 5.04. The third-order valence-electron chi connectivity index (χ3n) is 5.04. The van der Waals surface area contributed by atoms with Crippen LogP contribution < -0.4 is 5.32 Å². The van der Waals surface area contributed by atoms with Crippen LogP contribution in [0.1, 0.15) is 40.4 Å². The van der Waals surface area contributed by atoms with Crippen LogP contribution in [0.15, 0.2) is 77.8 Å². The molecule has 0 radical (unpaired) electrons. The second kappa shape index (κ2) is 8.23. The fraction of sp³-hybridized carbons (Fsp3) is 0.160. The van der Waals surface area contributed by atoms with E-state index in [1.165, 1.54) is 5.56 Å². The second-order valence-electron chi connectivity index (χ2n) is 7.30. The average Bonchev–Trinajstić information content (AvgIpc) is 3.17. The summed E-state index contributed by atoms with van der Waals surface area (Å²) in [7, 11) is 0. The van der Waals surface area contributed by atoms with Gasteiger partial charge in [0.25, 0.3) is 5.91 Å². The molecule has 4 heteroatoms. The van der Waals surface area contributed by atoms with Crippen LogP contribution in [0.4, 0.5) is 11.4 Å². The van der Waals surface area contributed by atoms with Crippen molar-refractivity contribution in [1.82, 2.24) is 0 Å². The molecule has 4 nitrogen and oxygen atoms in total. The highest BCUT2D eigenvalue weighted by Crippen LogP contribution is 2.30. The van der Waals surface area contributed by atoms with Crippen LogP contribution in [0.2, 0.25) is 0 Å². The Balaban J connectivity index is 1.45. The Morgan fingerprint density at radius 3 is 2.45 bits per heavy atom. The fourth-order valence-corrected chi connectivity index (χ4v) is 3.41. The number of ketones is 1. The smallest absolute Gasteiger partial charge is 0.255 e. The quantitative estimate of drug-likeness (QED) is 0.642. The van der Waals surface area contributed by atoms with E-state index in [2.05, 4.69) is 23.5 Å². The van der Waals surface area contributed by atoms with Gasteiger partial charge in [0.05, 0.1) is 11.4 Å². The zero-order chi connectivity index (χ0) is 20.2. The predicted octanol–water partition coefficient (Wildman–Crippen LogP) is 5.14. The van der Waals surface area contributed by atoms with Gasteiger partial charge in [0.15, 0.2) is 0 Å². The van der Waals surface area contributed by atoms with E-state index in [1.54, 1.807) is 19.1 Å². The number of benzene rings is 3. The molecule has 3 aromatic carbocycles. The van der Waals surface area contributed by atoms with Crippen LogP contribution in [-0.4, -0.2) is 17.4 Å². The number of nitrogens with zero attached hydrogens (tertiary/aromatic N) is 1. The number of aliphatic imine (C=N–C) groups is 1. The molecule has 0 saturated heterocycles. The first-order valence-corrected chi connectivity index (χ1v) is 9.74. The second-order valence-corrected chi connectivity index (χ2v) is 7.30. The van der Waals surface area contributed by atoms with Gasteiger partial charge in [-0.1, -0.05) is 42.5 Å². The molecule has 3 aromatic rings. The first-order chi connectivity index (χ1) is 14.1. The minimum absolute atomic E-state index is 0.123. The summed E-state index contributed by atoms with van der Waals surface area (Å²) in [6.45, 7) is 1.62. The van der Waals surface area contributed by atoms with Crippen molar-refractivity contribution in [2.45, 2.75) is 26.2 Å². The summed E-state index contributed by atoms with van der Waals surface area (Å²) < 4.78 is 0. The molecule has 0 saturated carbocycles. The Kier molecular flexibility index (Phi) is 5.34. The van der Waals surface area contributed by atoms with Gasteiger partial charge in [-0.15, -0.1) is 0 Å². The summed E-state index contributed by atoms with van der Waals surface area (Å²) in [6, 6.07) is 23.2. The lowest BCUT2D eigenvalue weighted by Gasteiger charge is -2.06. The van der Waals surface area contributed by atoms with Crippen molar-refractivity contribution >= 4 is 28.8 Å². The highest BCUT2D eigenvalue weighted by molar-refractivity contribution is 6.07. The molecule has 29 heavy (non-hydrogen) atoms. The molecule has 0 spiro atoms. The van der Waals surface area contributed by atoms with Crippen LogP contribution in [0, 0.1) is 0 Å². The van der Waals surface area contributed by atoms with E-state index >= 15 is 0 Å². The molecule has 0 atom stereocenters. The zero-order valence-corrected chi connectivity index (χ0v) is 16.3. The fourth-order valence-electron chi connectivity index (χ4n) is 3.41. The molecule has 1 aliphatic rings. The number of aryl methyl sites for hydroxylation is 1. The first kappa shape index (κ1) is 18.8. The van der Waals surface area contributed by atoms with Crippen LogP contribution in [-0.2, 0) is 17.6 Å². The van der Waals surface area contributed by atoms with Crippen molar-refractivity contribution < 1.29 is 9.59 Å². The maximum Gasteiger partial charge on any atom is 0.255 e. The highest BCUT2D eigenvalue weighted by Gasteiger charge is 2.16. The summed E-state index contributed by atoms with van der Waals surface area (Å²) >= 11 is 0. The van der Waals surface area contributed by atoms with E-state index in [4.69, 9.17) is 4.99 Å². The molecule has 0 unspecified atom stereocenters. The van der Waals surface area contributed by atoms with Gasteiger partial charge in [-0.25, -0.2) is 0 Å². The Morgan fingerprint density at radius 1 is 0.966 bits per heavy atom. The van der Waals surface area contributed by atoms with Gasteiger partial charge in [-0.2, -0.15) is 0 Å². The molecule has 0 aromatic heterocycles. The van der Waals surface area contributed by atoms with Crippen molar-refractivity contribution in [3.8, 4) is 0 Å². The van der Waals surface area contributed by atoms with E-state index in [1.807, 2.05) is 42.5 Å². The van der Waals surface area contributed by atoms with Gasteiger partial charge < -0.3 is 10.1 Å². The summed E-state index contributed by atoms with van der Waals surface area (Å²) in [6.07, 6.45) is 2.10. The molecule has 0 aliphatic carbocycles. The van der Waals surface area contributed by atoms with Gasteiger partial charge in [-0.3, -0.25) is 9.79 Å². The summed E-state index contributed by atoms with van der Waals surface area (Å²) in [4.78, 5) is 28.3.